The third-order valence-corrected chi connectivity index (χ3v) is 5.46. The molecule has 2 heterocycles. The lowest BCUT2D eigenvalue weighted by Crippen LogP contribution is -2.16. The fourth-order valence-electron chi connectivity index (χ4n) is 3.11. The second-order valence-corrected chi connectivity index (χ2v) is 7.45. The Bertz CT molecular complexity index is 1050. The molecule has 3 aromatic rings. The number of nitrogens with one attached hydrogen (secondary N) is 1. The van der Waals surface area contributed by atoms with Gasteiger partial charge in [0, 0.05) is 30.1 Å². The number of aldehydes is 1. The number of hydrogen-bond donors (Lipinski definition) is 1. The highest BCUT2D eigenvalue weighted by molar-refractivity contribution is 7.15. The Balaban J connectivity index is 1.80. The zero-order chi connectivity index (χ0) is 22.2. The number of carbonyl (C=O) groups is 3. The first-order chi connectivity index (χ1) is 15.1. The Hall–Kier alpha value is -3.39. The lowest BCUT2D eigenvalue weighted by Gasteiger charge is -2.10. The molecule has 7 nitrogen and oxygen atoms in total. The van der Waals surface area contributed by atoms with Crippen molar-refractivity contribution in [2.24, 2.45) is 0 Å². The first kappa shape index (κ1) is 22.3. The monoisotopic (exact) mass is 440 g/mol. The quantitative estimate of drug-likeness (QED) is 0.367. The number of hydrogen-bond acceptors (Lipinski definition) is 6. The number of esters is 1. The third kappa shape index (κ3) is 5.40. The molecular formula is C23H24N2O5S. The number of ether oxygens (including phenoxy) is 2. The number of amides is 1. The molecule has 1 N–H and O–H groups in total. The predicted molar refractivity (Wildman–Crippen MR) is 120 cm³/mol. The number of benzene rings is 1. The highest BCUT2D eigenvalue weighted by Crippen LogP contribution is 2.37. The van der Waals surface area contributed by atoms with Crippen molar-refractivity contribution >= 4 is 34.5 Å². The first-order valence-corrected chi connectivity index (χ1v) is 10.9. The summed E-state index contributed by atoms with van der Waals surface area (Å²) in [5.41, 5.74) is 2.36. The molecular weight excluding hydrogens is 416 g/mol. The fourth-order valence-corrected chi connectivity index (χ4v) is 4.09. The van der Waals surface area contributed by atoms with E-state index in [1.165, 1.54) is 11.3 Å². The number of anilines is 1. The van der Waals surface area contributed by atoms with Gasteiger partial charge in [-0.2, -0.15) is 0 Å². The largest absolute Gasteiger partial charge is 0.494 e. The van der Waals surface area contributed by atoms with Crippen LogP contribution in [-0.2, 0) is 16.1 Å². The second kappa shape index (κ2) is 10.6. The van der Waals surface area contributed by atoms with E-state index in [2.05, 4.69) is 5.32 Å². The van der Waals surface area contributed by atoms with Crippen LogP contribution in [0.25, 0.3) is 11.1 Å². The third-order valence-electron chi connectivity index (χ3n) is 4.57. The molecule has 8 heteroatoms. The molecule has 0 bridgehead atoms. The maximum atomic E-state index is 12.7. The summed E-state index contributed by atoms with van der Waals surface area (Å²) in [6.45, 7) is 4.81. The van der Waals surface area contributed by atoms with Crippen molar-refractivity contribution in [3.8, 4) is 16.9 Å². The SMILES string of the molecule is CCOC(=O)c1c(-c2ccc(OCC)cc2)csc1NC(=O)CCn1cccc1C=O. The Morgan fingerprint density at radius 3 is 2.58 bits per heavy atom. The summed E-state index contributed by atoms with van der Waals surface area (Å²) >= 11 is 1.27. The Morgan fingerprint density at radius 2 is 1.90 bits per heavy atom. The van der Waals surface area contributed by atoms with Crippen molar-refractivity contribution in [2.45, 2.75) is 26.8 Å². The molecule has 31 heavy (non-hydrogen) atoms. The standard InChI is InChI=1S/C23H24N2O5S/c1-3-29-18-9-7-16(8-10-18)19-15-31-22(21(19)23(28)30-4-2)24-20(27)11-13-25-12-5-6-17(25)14-26/h5-10,12,14-15H,3-4,11,13H2,1-2H3,(H,24,27). The first-order valence-electron chi connectivity index (χ1n) is 9.99. The van der Waals surface area contributed by atoms with Gasteiger partial charge in [0.15, 0.2) is 6.29 Å². The van der Waals surface area contributed by atoms with Gasteiger partial charge in [-0.15, -0.1) is 11.3 Å². The van der Waals surface area contributed by atoms with Crippen LogP contribution in [0.2, 0.25) is 0 Å². The smallest absolute Gasteiger partial charge is 0.341 e. The summed E-state index contributed by atoms with van der Waals surface area (Å²) < 4.78 is 12.4. The van der Waals surface area contributed by atoms with Gasteiger partial charge in [0.1, 0.15) is 16.3 Å². The number of thiophene rings is 1. The van der Waals surface area contributed by atoms with Gasteiger partial charge in [0.25, 0.3) is 0 Å². The van der Waals surface area contributed by atoms with Crippen LogP contribution in [0.5, 0.6) is 5.75 Å². The molecule has 3 rings (SSSR count). The van der Waals surface area contributed by atoms with Crippen LogP contribution in [-0.4, -0.2) is 35.9 Å². The average molecular weight is 441 g/mol. The lowest BCUT2D eigenvalue weighted by molar-refractivity contribution is -0.116. The second-order valence-electron chi connectivity index (χ2n) is 6.57. The van der Waals surface area contributed by atoms with Gasteiger partial charge in [-0.1, -0.05) is 12.1 Å². The Labute approximate surface area is 184 Å². The molecule has 0 fully saturated rings. The van der Waals surface area contributed by atoms with E-state index >= 15 is 0 Å². The summed E-state index contributed by atoms with van der Waals surface area (Å²) in [5.74, 6) is 0.000160. The Kier molecular flexibility index (Phi) is 7.61. The lowest BCUT2D eigenvalue weighted by atomic mass is 10.0. The van der Waals surface area contributed by atoms with Crippen molar-refractivity contribution < 1.29 is 23.9 Å². The minimum absolute atomic E-state index is 0.161. The molecule has 2 aromatic heterocycles. The predicted octanol–water partition coefficient (Wildman–Crippen LogP) is 4.63. The van der Waals surface area contributed by atoms with Gasteiger partial charge >= 0.3 is 5.97 Å². The molecule has 1 aromatic carbocycles. The van der Waals surface area contributed by atoms with Crippen LogP contribution in [0.3, 0.4) is 0 Å². The van der Waals surface area contributed by atoms with Gasteiger partial charge in [0.2, 0.25) is 5.91 Å². The molecule has 1 amide bonds. The minimum atomic E-state index is -0.489. The molecule has 162 valence electrons. The van der Waals surface area contributed by atoms with E-state index in [0.29, 0.717) is 35.0 Å². The number of nitrogens with zero attached hydrogens (tertiary/aromatic N) is 1. The van der Waals surface area contributed by atoms with E-state index in [1.54, 1.807) is 29.8 Å². The molecule has 0 radical (unpaired) electrons. The molecule has 0 aliphatic rings. The highest BCUT2D eigenvalue weighted by Gasteiger charge is 2.23. The molecule has 0 saturated heterocycles. The maximum Gasteiger partial charge on any atom is 0.341 e. The van der Waals surface area contributed by atoms with E-state index in [-0.39, 0.29) is 18.9 Å². The Morgan fingerprint density at radius 1 is 1.13 bits per heavy atom. The summed E-state index contributed by atoms with van der Waals surface area (Å²) in [6.07, 6.45) is 2.66. The van der Waals surface area contributed by atoms with Gasteiger partial charge in [-0.3, -0.25) is 9.59 Å². The zero-order valence-corrected chi connectivity index (χ0v) is 18.2. The van der Waals surface area contributed by atoms with E-state index in [0.717, 1.165) is 17.6 Å². The molecule has 0 aliphatic heterocycles. The normalized spacial score (nSPS) is 10.5. The van der Waals surface area contributed by atoms with Crippen LogP contribution < -0.4 is 10.1 Å². The van der Waals surface area contributed by atoms with Gasteiger partial charge < -0.3 is 19.4 Å². The van der Waals surface area contributed by atoms with E-state index in [9.17, 15) is 14.4 Å². The van der Waals surface area contributed by atoms with Crippen LogP contribution >= 0.6 is 11.3 Å². The van der Waals surface area contributed by atoms with E-state index in [1.807, 2.05) is 36.6 Å². The number of aryl methyl sites for hydroxylation is 1. The zero-order valence-electron chi connectivity index (χ0n) is 17.4. The van der Waals surface area contributed by atoms with Crippen molar-refractivity contribution in [3.05, 3.63) is 59.2 Å². The maximum absolute atomic E-state index is 12.7. The number of rotatable bonds is 10. The minimum Gasteiger partial charge on any atom is -0.494 e. The van der Waals surface area contributed by atoms with Crippen LogP contribution in [0, 0.1) is 0 Å². The van der Waals surface area contributed by atoms with E-state index in [4.69, 9.17) is 9.47 Å². The highest BCUT2D eigenvalue weighted by atomic mass is 32.1. The number of carbonyl (C=O) groups excluding carboxylic acids is 3. The van der Waals surface area contributed by atoms with Crippen LogP contribution in [0.1, 0.15) is 41.1 Å². The van der Waals surface area contributed by atoms with Crippen LogP contribution in [0.15, 0.2) is 48.0 Å². The molecule has 0 spiro atoms. The summed E-state index contributed by atoms with van der Waals surface area (Å²) in [6, 6.07) is 10.9. The van der Waals surface area contributed by atoms with Crippen LogP contribution in [0.4, 0.5) is 5.00 Å². The van der Waals surface area contributed by atoms with Gasteiger partial charge in [-0.05, 0) is 43.7 Å². The summed E-state index contributed by atoms with van der Waals surface area (Å²) in [5, 5.41) is 5.09. The summed E-state index contributed by atoms with van der Waals surface area (Å²) in [7, 11) is 0. The summed E-state index contributed by atoms with van der Waals surface area (Å²) in [4.78, 5) is 36.2. The van der Waals surface area contributed by atoms with Gasteiger partial charge in [0.05, 0.1) is 18.9 Å². The molecule has 0 unspecified atom stereocenters. The molecule has 0 saturated carbocycles. The fraction of sp³-hybridized carbons (Fsp3) is 0.261. The van der Waals surface area contributed by atoms with Crippen molar-refractivity contribution in [3.63, 3.8) is 0 Å². The van der Waals surface area contributed by atoms with Gasteiger partial charge in [-0.25, -0.2) is 4.79 Å². The molecule has 0 atom stereocenters. The number of aromatic nitrogens is 1. The van der Waals surface area contributed by atoms with Crippen molar-refractivity contribution in [1.29, 1.82) is 0 Å². The van der Waals surface area contributed by atoms with Crippen molar-refractivity contribution in [1.82, 2.24) is 4.57 Å². The topological polar surface area (TPSA) is 86.6 Å². The average Bonchev–Trinajstić information content (AvgIpc) is 3.40. The van der Waals surface area contributed by atoms with Crippen molar-refractivity contribution in [2.75, 3.05) is 18.5 Å². The van der Waals surface area contributed by atoms with E-state index < -0.39 is 5.97 Å². The molecule has 0 aliphatic carbocycles.